The predicted octanol–water partition coefficient (Wildman–Crippen LogP) is 4.83. The van der Waals surface area contributed by atoms with Gasteiger partial charge in [0, 0.05) is 4.88 Å². The van der Waals surface area contributed by atoms with Crippen LogP contribution in [0.5, 0.6) is 5.75 Å². The number of rotatable bonds is 5. The van der Waals surface area contributed by atoms with Gasteiger partial charge in [-0.25, -0.2) is 0 Å². The third-order valence-electron chi connectivity index (χ3n) is 4.30. The smallest absolute Gasteiger partial charge is 0.387 e. The van der Waals surface area contributed by atoms with Crippen molar-refractivity contribution in [2.75, 3.05) is 0 Å². The molecule has 1 fully saturated rings. The first-order chi connectivity index (χ1) is 12.0. The largest absolute Gasteiger partial charge is 0.435 e. The van der Waals surface area contributed by atoms with Gasteiger partial charge < -0.3 is 15.0 Å². The molecule has 1 aliphatic carbocycles. The lowest BCUT2D eigenvalue weighted by Crippen LogP contribution is -2.44. The maximum atomic E-state index is 12.2. The summed E-state index contributed by atoms with van der Waals surface area (Å²) in [7, 11) is 0. The second kappa shape index (κ2) is 7.30. The van der Waals surface area contributed by atoms with Crippen LogP contribution in [0.15, 0.2) is 40.9 Å². The molecule has 0 atom stereocenters. The Hall–Kier alpha value is -2.03. The minimum atomic E-state index is -2.83. The van der Waals surface area contributed by atoms with Gasteiger partial charge >= 0.3 is 6.61 Å². The minimum absolute atomic E-state index is 0. The molecule has 0 saturated heterocycles. The van der Waals surface area contributed by atoms with Crippen molar-refractivity contribution < 1.29 is 18.0 Å². The maximum absolute atomic E-state index is 12.2. The third kappa shape index (κ3) is 3.58. The van der Waals surface area contributed by atoms with Crippen molar-refractivity contribution in [2.45, 2.75) is 31.4 Å². The molecule has 3 aromatic rings. The number of hydrogen-bond acceptors (Lipinski definition) is 6. The molecule has 26 heavy (non-hydrogen) atoms. The summed E-state index contributed by atoms with van der Waals surface area (Å²) in [4.78, 5) is 6.23. The fourth-order valence-corrected chi connectivity index (χ4v) is 3.65. The third-order valence-corrected chi connectivity index (χ3v) is 5.42. The summed E-state index contributed by atoms with van der Waals surface area (Å²) in [5.41, 5.74) is 6.65. The molecule has 1 aliphatic rings. The van der Waals surface area contributed by atoms with Gasteiger partial charge in [0.1, 0.15) is 5.75 Å². The number of nitrogens with zero attached hydrogens (tertiary/aromatic N) is 2. The van der Waals surface area contributed by atoms with Gasteiger partial charge in [-0.2, -0.15) is 13.8 Å². The van der Waals surface area contributed by atoms with Crippen molar-refractivity contribution in [2.24, 2.45) is 5.73 Å². The van der Waals surface area contributed by atoms with Crippen LogP contribution in [-0.4, -0.2) is 16.8 Å². The van der Waals surface area contributed by atoms with Crippen molar-refractivity contribution in [1.29, 1.82) is 0 Å². The van der Waals surface area contributed by atoms with Gasteiger partial charge in [-0.1, -0.05) is 5.16 Å². The molecular weight excluding hydrogens is 384 g/mol. The average Bonchev–Trinajstić information content (AvgIpc) is 3.22. The van der Waals surface area contributed by atoms with E-state index >= 15 is 0 Å². The second-order valence-corrected chi connectivity index (χ2v) is 7.08. The van der Waals surface area contributed by atoms with Gasteiger partial charge in [0.25, 0.3) is 5.89 Å². The number of ether oxygens (including phenoxy) is 1. The topological polar surface area (TPSA) is 74.2 Å². The minimum Gasteiger partial charge on any atom is -0.435 e. The van der Waals surface area contributed by atoms with Crippen LogP contribution < -0.4 is 10.5 Å². The molecule has 5 nitrogen and oxygen atoms in total. The van der Waals surface area contributed by atoms with E-state index in [1.54, 1.807) is 12.1 Å². The highest BCUT2D eigenvalue weighted by atomic mass is 35.5. The zero-order valence-electron chi connectivity index (χ0n) is 13.5. The van der Waals surface area contributed by atoms with E-state index in [2.05, 4.69) is 14.9 Å². The Morgan fingerprint density at radius 3 is 2.42 bits per heavy atom. The molecule has 0 aliphatic heterocycles. The number of aromatic nitrogens is 2. The Bertz CT molecular complexity index is 878. The van der Waals surface area contributed by atoms with Gasteiger partial charge in [0.05, 0.1) is 10.4 Å². The molecule has 0 bridgehead atoms. The molecule has 0 unspecified atom stereocenters. The van der Waals surface area contributed by atoms with Gasteiger partial charge in [-0.3, -0.25) is 0 Å². The van der Waals surface area contributed by atoms with E-state index in [1.165, 1.54) is 23.5 Å². The molecule has 2 aromatic heterocycles. The first-order valence-electron chi connectivity index (χ1n) is 7.82. The summed E-state index contributed by atoms with van der Waals surface area (Å²) >= 11 is 1.48. The first-order valence-corrected chi connectivity index (χ1v) is 8.64. The van der Waals surface area contributed by atoms with E-state index < -0.39 is 12.2 Å². The molecule has 0 radical (unpaired) electrons. The molecule has 2 heterocycles. The Balaban J connectivity index is 0.00000196. The highest BCUT2D eigenvalue weighted by Crippen LogP contribution is 2.39. The van der Waals surface area contributed by atoms with Crippen LogP contribution in [0.25, 0.3) is 21.2 Å². The van der Waals surface area contributed by atoms with E-state index in [0.29, 0.717) is 11.7 Å². The lowest BCUT2D eigenvalue weighted by Gasteiger charge is -2.34. The van der Waals surface area contributed by atoms with Crippen LogP contribution >= 0.6 is 23.7 Å². The average molecular weight is 400 g/mol. The van der Waals surface area contributed by atoms with Crippen LogP contribution in [0, 0.1) is 0 Å². The molecular formula is C17H16ClF2N3O2S. The van der Waals surface area contributed by atoms with Crippen LogP contribution in [0.2, 0.25) is 0 Å². The lowest BCUT2D eigenvalue weighted by molar-refractivity contribution is -0.0498. The Morgan fingerprint density at radius 1 is 1.12 bits per heavy atom. The number of nitrogens with two attached hydrogens (primary N) is 1. The standard InChI is InChI=1S/C17H15F2N3O2S.ClH/c18-16(19)23-11-4-2-10(3-5-11)12-6-7-13(25-12)14-21-15(22-24-14)17(20)8-1-9-17;/h2-7,16H,1,8-9,20H2;1H. The highest BCUT2D eigenvalue weighted by Gasteiger charge is 2.39. The van der Waals surface area contributed by atoms with E-state index in [4.69, 9.17) is 10.3 Å². The SMILES string of the molecule is Cl.NC1(c2noc(-c3ccc(-c4ccc(OC(F)F)cc4)s3)n2)CCC1. The zero-order chi connectivity index (χ0) is 17.4. The molecule has 138 valence electrons. The van der Waals surface area contributed by atoms with Crippen LogP contribution in [-0.2, 0) is 5.54 Å². The predicted molar refractivity (Wildman–Crippen MR) is 96.6 cm³/mol. The Morgan fingerprint density at radius 2 is 1.81 bits per heavy atom. The molecule has 4 rings (SSSR count). The Kier molecular flexibility index (Phi) is 5.27. The number of hydrogen-bond donors (Lipinski definition) is 1. The van der Waals surface area contributed by atoms with Crippen molar-refractivity contribution in [3.63, 3.8) is 0 Å². The summed E-state index contributed by atoms with van der Waals surface area (Å²) in [6, 6.07) is 10.3. The summed E-state index contributed by atoms with van der Waals surface area (Å²) in [6.07, 6.45) is 2.82. The molecule has 2 N–H and O–H groups in total. The molecule has 1 saturated carbocycles. The first kappa shape index (κ1) is 18.8. The van der Waals surface area contributed by atoms with E-state index in [0.717, 1.165) is 34.6 Å². The number of halogens is 3. The zero-order valence-corrected chi connectivity index (χ0v) is 15.2. The normalized spacial score (nSPS) is 15.4. The van der Waals surface area contributed by atoms with Crippen LogP contribution in [0.3, 0.4) is 0 Å². The Labute approximate surface area is 158 Å². The fourth-order valence-electron chi connectivity index (χ4n) is 2.72. The highest BCUT2D eigenvalue weighted by molar-refractivity contribution is 7.18. The quantitative estimate of drug-likeness (QED) is 0.665. The molecule has 0 amide bonds. The number of benzene rings is 1. The van der Waals surface area contributed by atoms with E-state index in [1.807, 2.05) is 12.1 Å². The van der Waals surface area contributed by atoms with Crippen molar-refractivity contribution >= 4 is 23.7 Å². The maximum Gasteiger partial charge on any atom is 0.387 e. The molecule has 0 spiro atoms. The van der Waals surface area contributed by atoms with E-state index in [9.17, 15) is 8.78 Å². The second-order valence-electron chi connectivity index (χ2n) is 6.00. The van der Waals surface area contributed by atoms with Gasteiger partial charge in [-0.15, -0.1) is 23.7 Å². The summed E-state index contributed by atoms with van der Waals surface area (Å²) in [6.45, 7) is -2.83. The lowest BCUT2D eigenvalue weighted by atomic mass is 9.77. The van der Waals surface area contributed by atoms with Gasteiger partial charge in [-0.05, 0) is 61.2 Å². The molecule has 1 aromatic carbocycles. The summed E-state index contributed by atoms with van der Waals surface area (Å²) in [5.74, 6) is 1.13. The van der Waals surface area contributed by atoms with Crippen molar-refractivity contribution in [1.82, 2.24) is 10.1 Å². The van der Waals surface area contributed by atoms with Crippen molar-refractivity contribution in [3.8, 4) is 27.0 Å². The molecule has 9 heteroatoms. The van der Waals surface area contributed by atoms with Crippen LogP contribution in [0.1, 0.15) is 25.1 Å². The summed E-state index contributed by atoms with van der Waals surface area (Å²) < 4.78 is 34.1. The fraction of sp³-hybridized carbons (Fsp3) is 0.294. The van der Waals surface area contributed by atoms with Crippen molar-refractivity contribution in [3.05, 3.63) is 42.2 Å². The van der Waals surface area contributed by atoms with Gasteiger partial charge in [0.2, 0.25) is 0 Å². The van der Waals surface area contributed by atoms with Gasteiger partial charge in [0.15, 0.2) is 5.82 Å². The monoisotopic (exact) mass is 399 g/mol. The number of alkyl halides is 2. The number of thiophene rings is 1. The summed E-state index contributed by atoms with van der Waals surface area (Å²) in [5, 5.41) is 4.02. The van der Waals surface area contributed by atoms with E-state index in [-0.39, 0.29) is 18.2 Å². The van der Waals surface area contributed by atoms with Crippen LogP contribution in [0.4, 0.5) is 8.78 Å².